The molecule has 0 saturated heterocycles. The van der Waals surface area contributed by atoms with Crippen LogP contribution in [0.25, 0.3) is 11.1 Å². The summed E-state index contributed by atoms with van der Waals surface area (Å²) in [6, 6.07) is 22.4. The number of aryl methyl sites for hydroxylation is 1. The van der Waals surface area contributed by atoms with Crippen molar-refractivity contribution in [2.24, 2.45) is 20.8 Å². The van der Waals surface area contributed by atoms with Crippen molar-refractivity contribution in [2.45, 2.75) is 66.0 Å². The van der Waals surface area contributed by atoms with Gasteiger partial charge in [0.15, 0.2) is 23.0 Å². The lowest BCUT2D eigenvalue weighted by Gasteiger charge is -2.35. The molecule has 12 heteroatoms. The van der Waals surface area contributed by atoms with E-state index in [0.29, 0.717) is 66.0 Å². The number of hydrogen-bond donors (Lipinski definition) is 1. The van der Waals surface area contributed by atoms with Crippen molar-refractivity contribution in [3.8, 4) is 28.7 Å². The van der Waals surface area contributed by atoms with Gasteiger partial charge in [0.05, 0.1) is 63.6 Å². The number of rotatable bonds is 16. The fourth-order valence-corrected chi connectivity index (χ4v) is 8.34. The molecular formula is C49H55N5O7. The molecule has 0 bridgehead atoms. The maximum Gasteiger partial charge on any atom is 0.260 e. The number of carbonyl (C=O) groups is 2. The summed E-state index contributed by atoms with van der Waals surface area (Å²) >= 11 is 0. The normalized spacial score (nSPS) is 17.4. The van der Waals surface area contributed by atoms with Crippen LogP contribution in [-0.2, 0) is 4.79 Å². The highest BCUT2D eigenvalue weighted by Crippen LogP contribution is 2.43. The highest BCUT2D eigenvalue weighted by Gasteiger charge is 2.35. The number of nitrogens with zero attached hydrogens (tertiary/aromatic N) is 4. The molecule has 0 saturated carbocycles. The molecule has 3 aliphatic rings. The second-order valence-electron chi connectivity index (χ2n) is 17.4. The fraction of sp³-hybridized carbons (Fsp3) is 0.347. The van der Waals surface area contributed by atoms with Crippen LogP contribution >= 0.6 is 0 Å². The first kappa shape index (κ1) is 42.6. The highest BCUT2D eigenvalue weighted by molar-refractivity contribution is 6.05. The lowest BCUT2D eigenvalue weighted by Crippen LogP contribution is -2.33. The molecule has 0 spiro atoms. The summed E-state index contributed by atoms with van der Waals surface area (Å²) in [5.74, 6) is 2.82. The Morgan fingerprint density at radius 3 is 2.02 bits per heavy atom. The molecule has 3 aliphatic heterocycles. The van der Waals surface area contributed by atoms with Crippen molar-refractivity contribution < 1.29 is 33.3 Å². The molecular weight excluding hydrogens is 771 g/mol. The van der Waals surface area contributed by atoms with E-state index < -0.39 is 0 Å². The zero-order chi connectivity index (χ0) is 43.5. The maximum atomic E-state index is 13.9. The molecule has 12 nitrogen and oxygen atoms in total. The van der Waals surface area contributed by atoms with Gasteiger partial charge in [-0.3, -0.25) is 19.6 Å². The number of nitrogens with two attached hydrogens (primary N) is 1. The van der Waals surface area contributed by atoms with Gasteiger partial charge in [-0.15, -0.1) is 0 Å². The molecule has 4 aromatic rings. The zero-order valence-corrected chi connectivity index (χ0v) is 36.2. The monoisotopic (exact) mass is 825 g/mol. The quantitative estimate of drug-likeness (QED) is 0.0670. The van der Waals surface area contributed by atoms with Gasteiger partial charge in [-0.25, -0.2) is 0 Å². The van der Waals surface area contributed by atoms with Crippen molar-refractivity contribution >= 4 is 53.0 Å². The first-order valence-electron chi connectivity index (χ1n) is 20.4. The Bertz CT molecular complexity index is 2400. The van der Waals surface area contributed by atoms with Crippen LogP contribution in [0, 0.1) is 17.8 Å². The van der Waals surface area contributed by atoms with Gasteiger partial charge in [-0.2, -0.15) is 0 Å². The Morgan fingerprint density at radius 1 is 0.787 bits per heavy atom. The zero-order valence-electron chi connectivity index (χ0n) is 36.2. The molecule has 2 N–H and O–H groups in total. The Kier molecular flexibility index (Phi) is 12.3. The number of carbonyl (C=O) groups excluding carboxylic acids is 2. The maximum absolute atomic E-state index is 13.9. The van der Waals surface area contributed by atoms with Crippen molar-refractivity contribution in [1.82, 2.24) is 9.80 Å². The van der Waals surface area contributed by atoms with E-state index in [4.69, 9.17) is 39.4 Å². The van der Waals surface area contributed by atoms with Crippen molar-refractivity contribution in [3.63, 3.8) is 0 Å². The number of benzene rings is 4. The van der Waals surface area contributed by atoms with Gasteiger partial charge in [-0.05, 0) is 88.4 Å². The van der Waals surface area contributed by atoms with Crippen LogP contribution in [0.2, 0.25) is 0 Å². The second-order valence-corrected chi connectivity index (χ2v) is 17.4. The van der Waals surface area contributed by atoms with Crippen LogP contribution in [0.5, 0.6) is 28.7 Å². The minimum Gasteiger partial charge on any atom is -0.497 e. The summed E-state index contributed by atoms with van der Waals surface area (Å²) in [7, 11) is 4.84. The molecule has 318 valence electrons. The Labute approximate surface area is 358 Å². The summed E-state index contributed by atoms with van der Waals surface area (Å²) in [5.41, 5.74) is 12.8. The van der Waals surface area contributed by atoms with Crippen LogP contribution in [0.1, 0.15) is 74.0 Å². The molecule has 3 heterocycles. The van der Waals surface area contributed by atoms with E-state index in [-0.39, 0.29) is 28.8 Å². The first-order valence-corrected chi connectivity index (χ1v) is 20.4. The van der Waals surface area contributed by atoms with Gasteiger partial charge in [0.1, 0.15) is 5.75 Å². The van der Waals surface area contributed by atoms with Gasteiger partial charge < -0.3 is 39.2 Å². The minimum atomic E-state index is -0.285. The van der Waals surface area contributed by atoms with Gasteiger partial charge in [0.2, 0.25) is 6.41 Å². The predicted octanol–water partition coefficient (Wildman–Crippen LogP) is 9.45. The van der Waals surface area contributed by atoms with Gasteiger partial charge >= 0.3 is 0 Å². The third kappa shape index (κ3) is 9.59. The lowest BCUT2D eigenvalue weighted by atomic mass is 9.76. The summed E-state index contributed by atoms with van der Waals surface area (Å²) in [5, 5.41) is 0. The van der Waals surface area contributed by atoms with Crippen LogP contribution in [0.4, 0.5) is 17.1 Å². The number of aliphatic imine (C=N–C) groups is 2. The number of amides is 2. The standard InChI is InChI=1S/C49H55N5O7/c1-31-17-43(58-7)45(21-41(31)51-23-37-18-34(25-53(37)30-55)33-11-15-39(57-6)16-12-33)60-28-48(2,3)27-49(4,5)29-61-46-22-42-40(20-44(46)59-8)47(56)54-26-35(19-38(54)24-52-42)32-9-13-36(50)14-10-32/h9-17,20-26,30,37-38H,18-19,27-29,50H2,1-8H3. The van der Waals surface area contributed by atoms with Crippen LogP contribution in [-0.4, -0.2) is 81.2 Å². The summed E-state index contributed by atoms with van der Waals surface area (Å²) in [6.07, 6.45) is 10.3. The molecule has 2 amide bonds. The van der Waals surface area contributed by atoms with E-state index in [0.717, 1.165) is 52.1 Å². The minimum absolute atomic E-state index is 0.144. The first-order chi connectivity index (χ1) is 29.2. The molecule has 4 aromatic carbocycles. The number of fused-ring (bicyclic) bond motifs is 2. The van der Waals surface area contributed by atoms with E-state index in [2.05, 4.69) is 27.7 Å². The van der Waals surface area contributed by atoms with Gasteiger partial charge in [0.25, 0.3) is 5.91 Å². The number of anilines is 1. The molecule has 2 unspecified atom stereocenters. The molecule has 0 aromatic heterocycles. The SMILES string of the molecule is COc1ccc(C2=CN(C=O)C(C=Nc3cc(OCC(C)(C)CC(C)(C)COc4cc5c(cc4OC)C(=O)N4C=C(c6ccc(N)cc6)CC4C=N5)c(OC)cc3C)C2)cc1. The Hall–Kier alpha value is -6.56. The summed E-state index contributed by atoms with van der Waals surface area (Å²) < 4.78 is 29.7. The Balaban J connectivity index is 0.987. The molecule has 2 atom stereocenters. The second kappa shape index (κ2) is 17.6. The molecule has 0 fully saturated rings. The van der Waals surface area contributed by atoms with Gasteiger partial charge in [0, 0.05) is 55.5 Å². The summed E-state index contributed by atoms with van der Waals surface area (Å²) in [6.45, 7) is 11.4. The summed E-state index contributed by atoms with van der Waals surface area (Å²) in [4.78, 5) is 38.9. The molecule has 0 aliphatic carbocycles. The largest absolute Gasteiger partial charge is 0.497 e. The van der Waals surface area contributed by atoms with Crippen molar-refractivity contribution in [1.29, 1.82) is 0 Å². The van der Waals surface area contributed by atoms with Crippen LogP contribution in [0.3, 0.4) is 0 Å². The predicted molar refractivity (Wildman–Crippen MR) is 241 cm³/mol. The molecule has 0 radical (unpaired) electrons. The molecule has 7 rings (SSSR count). The average Bonchev–Trinajstić information content (AvgIpc) is 3.85. The number of ether oxygens (including phenoxy) is 5. The number of nitrogen functional groups attached to an aromatic ring is 1. The third-order valence-corrected chi connectivity index (χ3v) is 11.3. The third-order valence-electron chi connectivity index (χ3n) is 11.3. The topological polar surface area (TPSA) is 138 Å². The lowest BCUT2D eigenvalue weighted by molar-refractivity contribution is -0.116. The van der Waals surface area contributed by atoms with E-state index >= 15 is 0 Å². The average molecular weight is 826 g/mol. The highest BCUT2D eigenvalue weighted by atomic mass is 16.5. The van der Waals surface area contributed by atoms with E-state index in [9.17, 15) is 9.59 Å². The molecule has 61 heavy (non-hydrogen) atoms. The smallest absolute Gasteiger partial charge is 0.260 e. The van der Waals surface area contributed by atoms with Crippen LogP contribution in [0.15, 0.2) is 95.2 Å². The van der Waals surface area contributed by atoms with Gasteiger partial charge in [-0.1, -0.05) is 52.0 Å². The van der Waals surface area contributed by atoms with E-state index in [1.165, 1.54) is 0 Å². The fourth-order valence-electron chi connectivity index (χ4n) is 8.34. The Morgan fingerprint density at radius 2 is 1.39 bits per heavy atom. The van der Waals surface area contributed by atoms with E-state index in [1.54, 1.807) is 43.3 Å². The van der Waals surface area contributed by atoms with E-state index in [1.807, 2.05) is 92.4 Å². The van der Waals surface area contributed by atoms with Crippen molar-refractivity contribution in [3.05, 3.63) is 107 Å². The number of hydrogen-bond acceptors (Lipinski definition) is 10. The van der Waals surface area contributed by atoms with Crippen molar-refractivity contribution in [2.75, 3.05) is 40.3 Å². The van der Waals surface area contributed by atoms with Crippen LogP contribution < -0.4 is 29.4 Å². The number of methoxy groups -OCH3 is 3.